The van der Waals surface area contributed by atoms with E-state index in [4.69, 9.17) is 18.9 Å². The van der Waals surface area contributed by atoms with E-state index >= 15 is 0 Å². The Kier molecular flexibility index (Phi) is 7.61. The van der Waals surface area contributed by atoms with Crippen molar-refractivity contribution in [2.75, 3.05) is 6.61 Å². The molecule has 0 amide bonds. The number of hydrogen-bond donors (Lipinski definition) is 1. The molecule has 0 bridgehead atoms. The van der Waals surface area contributed by atoms with Crippen LogP contribution < -0.4 is 0 Å². The average Bonchev–Trinajstić information content (AvgIpc) is 3.17. The highest BCUT2D eigenvalue weighted by atomic mass is 32.1. The predicted octanol–water partition coefficient (Wildman–Crippen LogP) is 3.95. The van der Waals surface area contributed by atoms with Crippen molar-refractivity contribution in [3.8, 4) is 0 Å². The van der Waals surface area contributed by atoms with Crippen LogP contribution in [0.4, 0.5) is 0 Å². The topological polar surface area (TPSA) is 88.1 Å². The second kappa shape index (κ2) is 11.0. The third kappa shape index (κ3) is 5.65. The van der Waals surface area contributed by atoms with E-state index in [9.17, 15) is 14.4 Å². The Morgan fingerprint density at radius 2 is 1.06 bits per heavy atom. The summed E-state index contributed by atoms with van der Waals surface area (Å²) in [5, 5.41) is 0. The minimum Gasteiger partial charge on any atom is -0.459 e. The first-order valence-corrected chi connectivity index (χ1v) is 11.1. The number of ether oxygens (including phenoxy) is 4. The molecule has 2 unspecified atom stereocenters. The molecule has 0 aromatic heterocycles. The van der Waals surface area contributed by atoms with Crippen LogP contribution in [-0.2, 0) is 18.9 Å². The number of rotatable bonds is 7. The summed E-state index contributed by atoms with van der Waals surface area (Å²) in [5.41, 5.74) is 0.114. The van der Waals surface area contributed by atoms with Gasteiger partial charge in [0.1, 0.15) is 18.1 Å². The molecule has 174 valence electrons. The molecule has 0 radical (unpaired) electrons. The van der Waals surface area contributed by atoms with Gasteiger partial charge in [-0.05, 0) is 36.4 Å². The van der Waals surface area contributed by atoms with E-state index in [1.165, 1.54) is 0 Å². The predicted molar refractivity (Wildman–Crippen MR) is 126 cm³/mol. The van der Waals surface area contributed by atoms with Crippen molar-refractivity contribution < 1.29 is 33.3 Å². The maximum Gasteiger partial charge on any atom is 0.338 e. The highest BCUT2D eigenvalue weighted by Gasteiger charge is 2.49. The van der Waals surface area contributed by atoms with Crippen LogP contribution in [0.1, 0.15) is 31.1 Å². The first-order chi connectivity index (χ1) is 16.5. The SMILES string of the molecule is O=C(OC[C@H]1O[C@@H](S)C(OC(=O)c2ccccc2)C1OC(=O)c1ccccc1)c1ccccc1. The molecule has 3 aromatic carbocycles. The standard InChI is InChI=1S/C26H22O7S/c27-23(17-10-4-1-5-11-17)30-16-20-21(32-24(28)18-12-6-2-7-13-18)22(26(34)31-20)33-25(29)19-14-8-3-9-15-19/h1-15,20-22,26,34H,16H2/t20-,21?,22?,26+/m1/s1. The molecule has 0 aliphatic carbocycles. The molecule has 3 aromatic rings. The zero-order valence-corrected chi connectivity index (χ0v) is 18.9. The van der Waals surface area contributed by atoms with Crippen LogP contribution in [0.15, 0.2) is 91.0 Å². The van der Waals surface area contributed by atoms with Crippen molar-refractivity contribution >= 4 is 30.5 Å². The molecular weight excluding hydrogens is 456 g/mol. The molecule has 0 saturated carbocycles. The third-order valence-corrected chi connectivity index (χ3v) is 5.59. The first kappa shape index (κ1) is 23.5. The molecule has 0 spiro atoms. The number of esters is 3. The second-order valence-corrected chi connectivity index (χ2v) is 8.01. The van der Waals surface area contributed by atoms with Gasteiger partial charge in [-0.25, -0.2) is 14.4 Å². The lowest BCUT2D eigenvalue weighted by Gasteiger charge is -2.23. The van der Waals surface area contributed by atoms with Gasteiger partial charge in [-0.15, -0.1) is 12.6 Å². The molecule has 7 nitrogen and oxygen atoms in total. The molecule has 1 saturated heterocycles. The molecule has 4 atom stereocenters. The summed E-state index contributed by atoms with van der Waals surface area (Å²) in [4.78, 5) is 37.8. The van der Waals surface area contributed by atoms with Crippen molar-refractivity contribution in [1.82, 2.24) is 0 Å². The lowest BCUT2D eigenvalue weighted by atomic mass is 10.1. The summed E-state index contributed by atoms with van der Waals surface area (Å²) in [6.07, 6.45) is -2.97. The number of benzene rings is 3. The minimum absolute atomic E-state index is 0.225. The first-order valence-electron chi connectivity index (χ1n) is 10.6. The van der Waals surface area contributed by atoms with E-state index in [1.807, 2.05) is 0 Å². The number of carbonyl (C=O) groups excluding carboxylic acids is 3. The summed E-state index contributed by atoms with van der Waals surface area (Å²) < 4.78 is 22.5. The molecule has 1 fully saturated rings. The van der Waals surface area contributed by atoms with Crippen LogP contribution in [0.3, 0.4) is 0 Å². The Hall–Kier alpha value is -3.62. The van der Waals surface area contributed by atoms with Crippen molar-refractivity contribution in [2.45, 2.75) is 23.7 Å². The fraction of sp³-hybridized carbons (Fsp3) is 0.192. The Morgan fingerprint density at radius 3 is 1.53 bits per heavy atom. The van der Waals surface area contributed by atoms with Crippen molar-refractivity contribution in [2.24, 2.45) is 0 Å². The Morgan fingerprint density at radius 1 is 0.647 bits per heavy atom. The highest BCUT2D eigenvalue weighted by Crippen LogP contribution is 2.31. The number of hydrogen-bond acceptors (Lipinski definition) is 8. The number of carbonyl (C=O) groups is 3. The Labute approximate surface area is 202 Å². The monoisotopic (exact) mass is 478 g/mol. The van der Waals surface area contributed by atoms with Crippen LogP contribution in [0.5, 0.6) is 0 Å². The van der Waals surface area contributed by atoms with E-state index in [1.54, 1.807) is 91.0 Å². The molecule has 1 aliphatic rings. The maximum absolute atomic E-state index is 12.8. The summed E-state index contributed by atoms with van der Waals surface area (Å²) in [5.74, 6) is -1.80. The van der Waals surface area contributed by atoms with E-state index in [0.717, 1.165) is 0 Å². The molecule has 8 heteroatoms. The van der Waals surface area contributed by atoms with E-state index < -0.39 is 41.7 Å². The van der Waals surface area contributed by atoms with Gasteiger partial charge < -0.3 is 18.9 Å². The van der Waals surface area contributed by atoms with Crippen LogP contribution >= 0.6 is 12.6 Å². The zero-order valence-electron chi connectivity index (χ0n) is 18.0. The van der Waals surface area contributed by atoms with Gasteiger partial charge in [0.2, 0.25) is 0 Å². The summed E-state index contributed by atoms with van der Waals surface area (Å²) in [6.45, 7) is -0.225. The van der Waals surface area contributed by atoms with Gasteiger partial charge in [0.25, 0.3) is 0 Å². The smallest absolute Gasteiger partial charge is 0.338 e. The van der Waals surface area contributed by atoms with Crippen molar-refractivity contribution in [1.29, 1.82) is 0 Å². The van der Waals surface area contributed by atoms with E-state index in [2.05, 4.69) is 12.6 Å². The van der Waals surface area contributed by atoms with Crippen LogP contribution in [0.2, 0.25) is 0 Å². The quantitative estimate of drug-likeness (QED) is 0.313. The van der Waals surface area contributed by atoms with Crippen molar-refractivity contribution in [3.63, 3.8) is 0 Å². The van der Waals surface area contributed by atoms with Gasteiger partial charge in [-0.3, -0.25) is 0 Å². The molecule has 1 heterocycles. The largest absolute Gasteiger partial charge is 0.459 e. The van der Waals surface area contributed by atoms with Gasteiger partial charge in [-0.2, -0.15) is 0 Å². The zero-order chi connectivity index (χ0) is 23.9. The lowest BCUT2D eigenvalue weighted by molar-refractivity contribution is -0.0435. The minimum atomic E-state index is -1.05. The molecule has 4 rings (SSSR count). The molecular formula is C26H22O7S. The lowest BCUT2D eigenvalue weighted by Crippen LogP contribution is -2.41. The fourth-order valence-electron chi connectivity index (χ4n) is 3.46. The van der Waals surface area contributed by atoms with Gasteiger partial charge in [-0.1, -0.05) is 54.6 Å². The Balaban J connectivity index is 1.51. The van der Waals surface area contributed by atoms with E-state index in [-0.39, 0.29) is 6.61 Å². The molecule has 1 aliphatic heterocycles. The maximum atomic E-state index is 12.8. The Bertz CT molecular complexity index is 1120. The summed E-state index contributed by atoms with van der Waals surface area (Å²) in [7, 11) is 0. The second-order valence-electron chi connectivity index (χ2n) is 7.50. The van der Waals surface area contributed by atoms with Crippen LogP contribution in [0.25, 0.3) is 0 Å². The summed E-state index contributed by atoms with van der Waals surface area (Å²) in [6, 6.07) is 25.3. The molecule has 0 N–H and O–H groups in total. The van der Waals surface area contributed by atoms with Crippen LogP contribution in [0, 0.1) is 0 Å². The normalized spacial score (nSPS) is 21.4. The number of thiol groups is 1. The van der Waals surface area contributed by atoms with E-state index in [0.29, 0.717) is 16.7 Å². The van der Waals surface area contributed by atoms with Gasteiger partial charge >= 0.3 is 17.9 Å². The van der Waals surface area contributed by atoms with Crippen molar-refractivity contribution in [3.05, 3.63) is 108 Å². The average molecular weight is 479 g/mol. The van der Waals surface area contributed by atoms with Gasteiger partial charge in [0.15, 0.2) is 12.2 Å². The van der Waals surface area contributed by atoms with Gasteiger partial charge in [0.05, 0.1) is 16.7 Å². The van der Waals surface area contributed by atoms with Gasteiger partial charge in [0, 0.05) is 0 Å². The fourth-order valence-corrected chi connectivity index (χ4v) is 3.84. The summed E-state index contributed by atoms with van der Waals surface area (Å²) >= 11 is 4.39. The third-order valence-electron chi connectivity index (χ3n) is 5.18. The van der Waals surface area contributed by atoms with Crippen LogP contribution in [-0.4, -0.2) is 48.3 Å². The highest BCUT2D eigenvalue weighted by molar-refractivity contribution is 7.80. The molecule has 34 heavy (non-hydrogen) atoms.